The van der Waals surface area contributed by atoms with E-state index in [1.165, 1.54) is 37.1 Å². The molecule has 0 atom stereocenters. The zero-order chi connectivity index (χ0) is 20.0. The van der Waals surface area contributed by atoms with Crippen LogP contribution in [-0.2, 0) is 14.8 Å². The number of rotatable bonds is 8. The van der Waals surface area contributed by atoms with E-state index in [1.54, 1.807) is 13.8 Å². The Kier molecular flexibility index (Phi) is 7.29. The third-order valence-electron chi connectivity index (χ3n) is 3.54. The Bertz CT molecular complexity index is 894. The first kappa shape index (κ1) is 21.3. The molecule has 0 bridgehead atoms. The van der Waals surface area contributed by atoms with Gasteiger partial charge in [-0.15, -0.1) is 11.8 Å². The first-order valence-electron chi connectivity index (χ1n) is 8.41. The maximum Gasteiger partial charge on any atom is 0.240 e. The highest BCUT2D eigenvalue weighted by Crippen LogP contribution is 2.28. The molecule has 0 aliphatic heterocycles. The maximum atomic E-state index is 12.3. The average Bonchev–Trinajstić information content (AvgIpc) is 2.60. The zero-order valence-electron chi connectivity index (χ0n) is 15.8. The molecule has 146 valence electrons. The Balaban J connectivity index is 2.12. The van der Waals surface area contributed by atoms with E-state index in [2.05, 4.69) is 10.0 Å². The number of hydrogen-bond donors (Lipinski definition) is 2. The number of amides is 1. The van der Waals surface area contributed by atoms with E-state index in [0.717, 1.165) is 10.5 Å². The molecule has 0 heterocycles. The summed E-state index contributed by atoms with van der Waals surface area (Å²) in [5.74, 6) is 0.352. The molecule has 2 aromatic rings. The molecule has 2 N–H and O–H groups in total. The van der Waals surface area contributed by atoms with Crippen LogP contribution in [0.1, 0.15) is 19.4 Å². The van der Waals surface area contributed by atoms with Crippen LogP contribution in [0.15, 0.2) is 52.3 Å². The van der Waals surface area contributed by atoms with Gasteiger partial charge in [0, 0.05) is 10.9 Å². The lowest BCUT2D eigenvalue weighted by molar-refractivity contribution is -0.113. The lowest BCUT2D eigenvalue weighted by atomic mass is 10.2. The second-order valence-electron chi connectivity index (χ2n) is 6.29. The van der Waals surface area contributed by atoms with Crippen LogP contribution in [0.3, 0.4) is 0 Å². The van der Waals surface area contributed by atoms with E-state index in [0.29, 0.717) is 11.4 Å². The van der Waals surface area contributed by atoms with Gasteiger partial charge in [0.05, 0.1) is 23.4 Å². The Morgan fingerprint density at radius 1 is 1.15 bits per heavy atom. The molecule has 8 heteroatoms. The highest BCUT2D eigenvalue weighted by molar-refractivity contribution is 8.00. The van der Waals surface area contributed by atoms with E-state index in [-0.39, 0.29) is 22.6 Å². The zero-order valence-corrected chi connectivity index (χ0v) is 17.4. The Hall–Kier alpha value is -2.03. The Morgan fingerprint density at radius 2 is 1.81 bits per heavy atom. The minimum atomic E-state index is -3.66. The van der Waals surface area contributed by atoms with E-state index < -0.39 is 10.0 Å². The van der Waals surface area contributed by atoms with Crippen LogP contribution in [0.2, 0.25) is 0 Å². The van der Waals surface area contributed by atoms with E-state index in [9.17, 15) is 13.2 Å². The van der Waals surface area contributed by atoms with Crippen LogP contribution in [0.5, 0.6) is 5.75 Å². The molecule has 0 fully saturated rings. The molecule has 2 aromatic carbocycles. The van der Waals surface area contributed by atoms with Gasteiger partial charge in [-0.3, -0.25) is 4.79 Å². The molecule has 6 nitrogen and oxygen atoms in total. The van der Waals surface area contributed by atoms with E-state index >= 15 is 0 Å². The highest BCUT2D eigenvalue weighted by atomic mass is 32.2. The fourth-order valence-corrected chi connectivity index (χ4v) is 4.28. The van der Waals surface area contributed by atoms with Crippen molar-refractivity contribution in [2.24, 2.45) is 0 Å². The van der Waals surface area contributed by atoms with Gasteiger partial charge in [-0.2, -0.15) is 0 Å². The van der Waals surface area contributed by atoms with Crippen LogP contribution < -0.4 is 14.8 Å². The summed E-state index contributed by atoms with van der Waals surface area (Å²) in [5.41, 5.74) is 1.47. The maximum absolute atomic E-state index is 12.3. The van der Waals surface area contributed by atoms with Crippen molar-refractivity contribution < 1.29 is 17.9 Å². The van der Waals surface area contributed by atoms with Crippen LogP contribution in [0, 0.1) is 6.92 Å². The normalized spacial score (nSPS) is 11.4. The quantitative estimate of drug-likeness (QED) is 0.654. The molecule has 2 rings (SSSR count). The molecular weight excluding hydrogens is 384 g/mol. The summed E-state index contributed by atoms with van der Waals surface area (Å²) in [6, 6.07) is 12.0. The Morgan fingerprint density at radius 3 is 2.41 bits per heavy atom. The molecule has 0 aromatic heterocycles. The van der Waals surface area contributed by atoms with Crippen molar-refractivity contribution in [3.63, 3.8) is 0 Å². The van der Waals surface area contributed by atoms with Crippen LogP contribution >= 0.6 is 11.8 Å². The van der Waals surface area contributed by atoms with E-state index in [4.69, 9.17) is 4.74 Å². The van der Waals surface area contributed by atoms with Crippen molar-refractivity contribution in [3.8, 4) is 5.75 Å². The lowest BCUT2D eigenvalue weighted by Crippen LogP contribution is -2.30. The summed E-state index contributed by atoms with van der Waals surface area (Å²) >= 11 is 1.40. The van der Waals surface area contributed by atoms with Crippen molar-refractivity contribution >= 4 is 33.4 Å². The third-order valence-corrected chi connectivity index (χ3v) is 6.21. The fraction of sp³-hybridized carbons (Fsp3) is 0.316. The van der Waals surface area contributed by atoms with Crippen molar-refractivity contribution in [1.29, 1.82) is 0 Å². The van der Waals surface area contributed by atoms with Gasteiger partial charge in [-0.1, -0.05) is 17.7 Å². The molecule has 0 saturated heterocycles. The summed E-state index contributed by atoms with van der Waals surface area (Å²) in [5, 5.41) is 2.73. The SMILES string of the molecule is COc1ccc(S(=O)(=O)NC(C)C)cc1NC(=O)CSc1ccc(C)cc1. The summed E-state index contributed by atoms with van der Waals surface area (Å²) in [7, 11) is -2.20. The standard InChI is InChI=1S/C19H24N2O4S2/c1-13(2)21-27(23,24)16-9-10-18(25-4)17(11-16)20-19(22)12-26-15-7-5-14(3)6-8-15/h5-11,13,21H,12H2,1-4H3,(H,20,22). The number of aryl methyl sites for hydroxylation is 1. The molecule has 0 unspecified atom stereocenters. The number of carbonyl (C=O) groups is 1. The number of methoxy groups -OCH3 is 1. The topological polar surface area (TPSA) is 84.5 Å². The molecule has 0 saturated carbocycles. The second kappa shape index (κ2) is 9.25. The predicted molar refractivity (Wildman–Crippen MR) is 109 cm³/mol. The van der Waals surface area contributed by atoms with Crippen LogP contribution in [0.4, 0.5) is 5.69 Å². The summed E-state index contributed by atoms with van der Waals surface area (Å²) in [6.07, 6.45) is 0. The summed E-state index contributed by atoms with van der Waals surface area (Å²) < 4.78 is 32.5. The van der Waals surface area contributed by atoms with Crippen molar-refractivity contribution in [2.75, 3.05) is 18.2 Å². The van der Waals surface area contributed by atoms with Crippen molar-refractivity contribution in [2.45, 2.75) is 36.6 Å². The molecule has 0 radical (unpaired) electrons. The predicted octanol–water partition coefficient (Wildman–Crippen LogP) is 3.42. The first-order valence-corrected chi connectivity index (χ1v) is 10.9. The first-order chi connectivity index (χ1) is 12.7. The highest BCUT2D eigenvalue weighted by Gasteiger charge is 2.18. The van der Waals surface area contributed by atoms with E-state index in [1.807, 2.05) is 31.2 Å². The Labute approximate surface area is 164 Å². The third kappa shape index (κ3) is 6.27. The molecule has 1 amide bonds. The smallest absolute Gasteiger partial charge is 0.240 e. The monoisotopic (exact) mass is 408 g/mol. The lowest BCUT2D eigenvalue weighted by Gasteiger charge is -2.14. The second-order valence-corrected chi connectivity index (χ2v) is 9.05. The van der Waals surface area contributed by atoms with Gasteiger partial charge in [0.1, 0.15) is 5.75 Å². The molecule has 0 aliphatic rings. The minimum Gasteiger partial charge on any atom is -0.495 e. The van der Waals surface area contributed by atoms with Crippen molar-refractivity contribution in [3.05, 3.63) is 48.0 Å². The minimum absolute atomic E-state index is 0.0680. The molecule has 0 aliphatic carbocycles. The molecule has 0 spiro atoms. The number of nitrogens with one attached hydrogen (secondary N) is 2. The van der Waals surface area contributed by atoms with Crippen LogP contribution in [-0.4, -0.2) is 33.2 Å². The summed E-state index contributed by atoms with van der Waals surface area (Å²) in [4.78, 5) is 13.4. The number of anilines is 1. The van der Waals surface area contributed by atoms with Gasteiger partial charge in [0.25, 0.3) is 0 Å². The van der Waals surface area contributed by atoms with Crippen LogP contribution in [0.25, 0.3) is 0 Å². The van der Waals surface area contributed by atoms with Gasteiger partial charge < -0.3 is 10.1 Å². The number of benzene rings is 2. The number of sulfonamides is 1. The molecule has 27 heavy (non-hydrogen) atoms. The van der Waals surface area contributed by atoms with Gasteiger partial charge in [0.2, 0.25) is 15.9 Å². The number of carbonyl (C=O) groups excluding carboxylic acids is 1. The molecular formula is C19H24N2O4S2. The van der Waals surface area contributed by atoms with Gasteiger partial charge in [-0.25, -0.2) is 13.1 Å². The number of thioether (sulfide) groups is 1. The number of ether oxygens (including phenoxy) is 1. The van der Waals surface area contributed by atoms with Crippen molar-refractivity contribution in [1.82, 2.24) is 4.72 Å². The fourth-order valence-electron chi connectivity index (χ4n) is 2.30. The van der Waals surface area contributed by atoms with Gasteiger partial charge in [0.15, 0.2) is 0 Å². The average molecular weight is 409 g/mol. The van der Waals surface area contributed by atoms with Gasteiger partial charge in [-0.05, 0) is 51.1 Å². The van der Waals surface area contributed by atoms with Gasteiger partial charge >= 0.3 is 0 Å². The summed E-state index contributed by atoms with van der Waals surface area (Å²) in [6.45, 7) is 5.49. The number of hydrogen-bond acceptors (Lipinski definition) is 5. The largest absolute Gasteiger partial charge is 0.495 e.